The van der Waals surface area contributed by atoms with Gasteiger partial charge in [0.15, 0.2) is 0 Å². The quantitative estimate of drug-likeness (QED) is 0.510. The second kappa shape index (κ2) is 7.90. The molecule has 0 aromatic rings. The highest BCUT2D eigenvalue weighted by Crippen LogP contribution is 2.67. The number of rotatable bonds is 4. The zero-order chi connectivity index (χ0) is 22.6. The molecule has 0 saturated heterocycles. The summed E-state index contributed by atoms with van der Waals surface area (Å²) in [5.41, 5.74) is 0.816. The third-order valence-corrected chi connectivity index (χ3v) is 9.71. The van der Waals surface area contributed by atoms with Crippen molar-refractivity contribution in [2.45, 2.75) is 97.7 Å². The fourth-order valence-electron chi connectivity index (χ4n) is 8.33. The number of ether oxygens (including phenoxy) is 2. The van der Waals surface area contributed by atoms with E-state index in [2.05, 4.69) is 19.9 Å². The number of hydrogen-bond donors (Lipinski definition) is 1. The third-order valence-electron chi connectivity index (χ3n) is 9.71. The van der Waals surface area contributed by atoms with Gasteiger partial charge in [-0.05, 0) is 86.4 Å². The summed E-state index contributed by atoms with van der Waals surface area (Å²) in [5, 5.41) is 11.3. The molecule has 174 valence electrons. The topological polar surface area (TPSA) is 72.8 Å². The van der Waals surface area contributed by atoms with Crippen molar-refractivity contribution in [1.82, 2.24) is 0 Å². The molecule has 31 heavy (non-hydrogen) atoms. The van der Waals surface area contributed by atoms with Crippen molar-refractivity contribution in [2.24, 2.45) is 34.5 Å². The molecular formula is C26H40O5. The van der Waals surface area contributed by atoms with Crippen LogP contribution in [0.15, 0.2) is 11.6 Å². The van der Waals surface area contributed by atoms with Gasteiger partial charge in [0.05, 0.1) is 5.60 Å². The maximum absolute atomic E-state index is 11.4. The Morgan fingerprint density at radius 1 is 1.10 bits per heavy atom. The van der Waals surface area contributed by atoms with Crippen LogP contribution in [0.5, 0.6) is 0 Å². The molecule has 4 aliphatic rings. The van der Waals surface area contributed by atoms with Gasteiger partial charge in [-0.25, -0.2) is 0 Å². The van der Waals surface area contributed by atoms with Gasteiger partial charge in [-0.2, -0.15) is 0 Å². The number of aliphatic hydroxyl groups is 1. The van der Waals surface area contributed by atoms with Crippen molar-refractivity contribution in [3.05, 3.63) is 11.6 Å². The summed E-state index contributed by atoms with van der Waals surface area (Å²) < 4.78 is 10.8. The van der Waals surface area contributed by atoms with Crippen LogP contribution in [0.25, 0.3) is 0 Å². The Bertz CT molecular complexity index is 770. The van der Waals surface area contributed by atoms with E-state index in [1.165, 1.54) is 25.8 Å². The van der Waals surface area contributed by atoms with Crippen LogP contribution in [-0.2, 0) is 19.1 Å². The van der Waals surface area contributed by atoms with Gasteiger partial charge in [-0.1, -0.05) is 25.5 Å². The number of carbonyl (C=O) groups is 2. The zero-order valence-corrected chi connectivity index (χ0v) is 19.9. The third kappa shape index (κ3) is 3.85. The molecule has 1 N–H and O–H groups in total. The monoisotopic (exact) mass is 432 g/mol. The van der Waals surface area contributed by atoms with Crippen molar-refractivity contribution in [1.29, 1.82) is 0 Å². The summed E-state index contributed by atoms with van der Waals surface area (Å²) in [6, 6.07) is 0. The summed E-state index contributed by atoms with van der Waals surface area (Å²) in [5.74, 6) is 1.57. The maximum Gasteiger partial charge on any atom is 0.302 e. The largest absolute Gasteiger partial charge is 0.463 e. The van der Waals surface area contributed by atoms with Gasteiger partial charge in [0, 0.05) is 20.3 Å². The molecule has 0 unspecified atom stereocenters. The fourth-order valence-corrected chi connectivity index (χ4v) is 8.33. The van der Waals surface area contributed by atoms with Crippen LogP contribution in [0.1, 0.15) is 86.0 Å². The summed E-state index contributed by atoms with van der Waals surface area (Å²) in [4.78, 5) is 22.8. The molecule has 8 atom stereocenters. The molecule has 3 saturated carbocycles. The fraction of sp³-hybridized carbons (Fsp3) is 0.846. The number of carbonyl (C=O) groups excluding carboxylic acids is 2. The minimum atomic E-state index is -0.982. The first-order valence-corrected chi connectivity index (χ1v) is 12.2. The Kier molecular flexibility index (Phi) is 5.81. The molecule has 5 heteroatoms. The lowest BCUT2D eigenvalue weighted by Gasteiger charge is -2.58. The highest BCUT2D eigenvalue weighted by molar-refractivity contribution is 5.66. The Morgan fingerprint density at radius 2 is 1.84 bits per heavy atom. The van der Waals surface area contributed by atoms with Crippen LogP contribution >= 0.6 is 0 Å². The highest BCUT2D eigenvalue weighted by Gasteiger charge is 2.61. The molecule has 0 aromatic carbocycles. The Balaban J connectivity index is 1.54. The first-order chi connectivity index (χ1) is 14.5. The van der Waals surface area contributed by atoms with Crippen LogP contribution in [0.4, 0.5) is 0 Å². The van der Waals surface area contributed by atoms with Gasteiger partial charge in [0.25, 0.3) is 0 Å². The second-order valence-electron chi connectivity index (χ2n) is 11.5. The minimum absolute atomic E-state index is 0.0365. The molecule has 0 bridgehead atoms. The minimum Gasteiger partial charge on any atom is -0.463 e. The van der Waals surface area contributed by atoms with Gasteiger partial charge in [-0.15, -0.1) is 0 Å². The van der Waals surface area contributed by atoms with Gasteiger partial charge in [0.1, 0.15) is 12.7 Å². The smallest absolute Gasteiger partial charge is 0.302 e. The lowest BCUT2D eigenvalue weighted by atomic mass is 9.47. The van der Waals surface area contributed by atoms with Crippen LogP contribution in [0, 0.1) is 34.5 Å². The second-order valence-corrected chi connectivity index (χ2v) is 11.5. The molecule has 0 spiro atoms. The van der Waals surface area contributed by atoms with E-state index in [9.17, 15) is 14.7 Å². The molecule has 3 fully saturated rings. The number of hydrogen-bond acceptors (Lipinski definition) is 5. The molecule has 4 rings (SSSR count). The Hall–Kier alpha value is -1.36. The molecule has 0 radical (unpaired) electrons. The molecule has 5 nitrogen and oxygen atoms in total. The van der Waals surface area contributed by atoms with E-state index in [0.717, 1.165) is 44.9 Å². The average Bonchev–Trinajstić information content (AvgIpc) is 3.04. The van der Waals surface area contributed by atoms with Crippen LogP contribution in [0.3, 0.4) is 0 Å². The van der Waals surface area contributed by atoms with Gasteiger partial charge < -0.3 is 14.6 Å². The summed E-state index contributed by atoms with van der Waals surface area (Å²) in [6.07, 6.45) is 11.0. The molecule has 0 aromatic heterocycles. The Labute approximate surface area is 186 Å². The predicted molar refractivity (Wildman–Crippen MR) is 118 cm³/mol. The van der Waals surface area contributed by atoms with E-state index < -0.39 is 5.60 Å². The van der Waals surface area contributed by atoms with E-state index in [-0.39, 0.29) is 41.4 Å². The van der Waals surface area contributed by atoms with E-state index >= 15 is 0 Å². The number of allylic oxidation sites excluding steroid dienone is 1. The highest BCUT2D eigenvalue weighted by atomic mass is 16.5. The summed E-state index contributed by atoms with van der Waals surface area (Å²) in [7, 11) is 0. The van der Waals surface area contributed by atoms with Gasteiger partial charge in [0.2, 0.25) is 0 Å². The van der Waals surface area contributed by atoms with Crippen molar-refractivity contribution in [3.8, 4) is 0 Å². The maximum atomic E-state index is 11.4. The predicted octanol–water partition coefficient (Wildman–Crippen LogP) is 4.81. The van der Waals surface area contributed by atoms with Crippen molar-refractivity contribution in [3.63, 3.8) is 0 Å². The van der Waals surface area contributed by atoms with Crippen molar-refractivity contribution in [2.75, 3.05) is 6.61 Å². The first kappa shape index (κ1) is 22.8. The van der Waals surface area contributed by atoms with Crippen LogP contribution in [-0.4, -0.2) is 35.4 Å². The van der Waals surface area contributed by atoms with E-state index in [1.807, 2.05) is 6.92 Å². The van der Waals surface area contributed by atoms with Crippen molar-refractivity contribution >= 4 is 11.9 Å². The molecular weight excluding hydrogens is 392 g/mol. The normalized spacial score (nSPS) is 43.5. The molecule has 0 heterocycles. The SMILES string of the molecule is CC(=O)OC[C@@](C)(O)[C@H]1CC[C@H]2[C@H]3CC=C4C[C@@H](OC(C)=O)CC[C@]4(C)[C@H]3CC[C@@]21C. The summed E-state index contributed by atoms with van der Waals surface area (Å²) >= 11 is 0. The lowest BCUT2D eigenvalue weighted by molar-refractivity contribution is -0.159. The number of fused-ring (bicyclic) bond motifs is 5. The van der Waals surface area contributed by atoms with E-state index in [4.69, 9.17) is 9.47 Å². The zero-order valence-electron chi connectivity index (χ0n) is 19.9. The Morgan fingerprint density at radius 3 is 2.52 bits per heavy atom. The molecule has 4 aliphatic carbocycles. The van der Waals surface area contributed by atoms with Crippen molar-refractivity contribution < 1.29 is 24.2 Å². The lowest BCUT2D eigenvalue weighted by Crippen LogP contribution is -2.54. The number of esters is 2. The first-order valence-electron chi connectivity index (χ1n) is 12.2. The van der Waals surface area contributed by atoms with E-state index in [0.29, 0.717) is 17.8 Å². The average molecular weight is 433 g/mol. The molecule has 0 aliphatic heterocycles. The standard InChI is InChI=1S/C26H40O5/c1-16(27)30-15-26(5,29)23-9-8-21-20-7-6-18-14-19(31-17(2)28)10-12-24(18,3)22(20)11-13-25(21,23)4/h6,19-23,29H,7-15H2,1-5H3/t19-,20+,21-,22-,23-,24-,25-,26+/m0/s1. The van der Waals surface area contributed by atoms with Gasteiger partial charge in [-0.3, -0.25) is 9.59 Å². The van der Waals surface area contributed by atoms with Crippen LogP contribution in [0.2, 0.25) is 0 Å². The van der Waals surface area contributed by atoms with Crippen LogP contribution < -0.4 is 0 Å². The summed E-state index contributed by atoms with van der Waals surface area (Å²) in [6.45, 7) is 9.69. The van der Waals surface area contributed by atoms with Gasteiger partial charge >= 0.3 is 11.9 Å². The van der Waals surface area contributed by atoms with E-state index in [1.54, 1.807) is 0 Å². The molecule has 0 amide bonds.